The third kappa shape index (κ3) is 3.80. The summed E-state index contributed by atoms with van der Waals surface area (Å²) in [6, 6.07) is 7.05. The second-order valence-electron chi connectivity index (χ2n) is 7.80. The van der Waals surface area contributed by atoms with Gasteiger partial charge in [0, 0.05) is 18.0 Å². The van der Waals surface area contributed by atoms with E-state index in [1.807, 2.05) is 0 Å². The SMILES string of the molecule is N[C@@H](CO)C(=O)NCC1CC(c2c(-c3ccc(F)cc3)[nH]c3c(F)cc(F)cc23)C1. The maximum atomic E-state index is 14.4. The average Bonchev–Trinajstić information content (AvgIpc) is 3.06. The van der Waals surface area contributed by atoms with Gasteiger partial charge in [-0.3, -0.25) is 4.79 Å². The second-order valence-corrected chi connectivity index (χ2v) is 7.80. The van der Waals surface area contributed by atoms with Gasteiger partial charge in [-0.2, -0.15) is 0 Å². The normalized spacial score (nSPS) is 19.5. The Hall–Kier alpha value is -2.84. The molecule has 0 spiro atoms. The standard InChI is InChI=1S/C22H22F3N3O2/c23-14-3-1-12(2-4-14)20-19(16-7-15(24)8-17(25)21(16)28-20)13-5-11(6-13)9-27-22(30)18(26)10-29/h1-4,7-8,11,13,18,28-29H,5-6,9-10,26H2,(H,27,30)/t11?,13?,18-/m0/s1. The summed E-state index contributed by atoms with van der Waals surface area (Å²) in [5.41, 5.74) is 7.83. The first-order valence-corrected chi connectivity index (χ1v) is 9.78. The zero-order valence-electron chi connectivity index (χ0n) is 16.1. The van der Waals surface area contributed by atoms with E-state index in [-0.39, 0.29) is 23.2 Å². The van der Waals surface area contributed by atoms with Crippen molar-refractivity contribution in [3.8, 4) is 11.3 Å². The number of aliphatic hydroxyl groups excluding tert-OH is 1. The molecule has 1 atom stereocenters. The lowest BCUT2D eigenvalue weighted by atomic mass is 9.70. The third-order valence-electron chi connectivity index (χ3n) is 5.74. The molecule has 1 aliphatic rings. The Morgan fingerprint density at radius 2 is 1.87 bits per heavy atom. The summed E-state index contributed by atoms with van der Waals surface area (Å²) in [5, 5.41) is 12.1. The number of carbonyl (C=O) groups excluding carboxylic acids is 1. The minimum Gasteiger partial charge on any atom is -0.394 e. The number of hydrogen-bond donors (Lipinski definition) is 4. The highest BCUT2D eigenvalue weighted by Crippen LogP contribution is 2.48. The first kappa shape index (κ1) is 20.4. The van der Waals surface area contributed by atoms with Crippen LogP contribution in [-0.2, 0) is 4.79 Å². The maximum absolute atomic E-state index is 14.4. The molecule has 1 fully saturated rings. The zero-order chi connectivity index (χ0) is 21.4. The molecule has 5 N–H and O–H groups in total. The Morgan fingerprint density at radius 3 is 2.53 bits per heavy atom. The molecule has 2 aromatic carbocycles. The second kappa shape index (κ2) is 8.12. The molecule has 8 heteroatoms. The Balaban J connectivity index is 1.61. The van der Waals surface area contributed by atoms with Gasteiger partial charge in [-0.1, -0.05) is 0 Å². The van der Waals surface area contributed by atoms with E-state index in [2.05, 4.69) is 10.3 Å². The predicted molar refractivity (Wildman–Crippen MR) is 107 cm³/mol. The van der Waals surface area contributed by atoms with Gasteiger partial charge in [0.05, 0.1) is 17.8 Å². The predicted octanol–water partition coefficient (Wildman–Crippen LogP) is 3.18. The lowest BCUT2D eigenvalue weighted by Crippen LogP contribution is -2.45. The first-order chi connectivity index (χ1) is 14.4. The minimum atomic E-state index is -0.953. The van der Waals surface area contributed by atoms with Crippen molar-refractivity contribution in [1.29, 1.82) is 0 Å². The van der Waals surface area contributed by atoms with Gasteiger partial charge >= 0.3 is 0 Å². The number of aromatic amines is 1. The number of halogens is 3. The van der Waals surface area contributed by atoms with Crippen LogP contribution in [0.15, 0.2) is 36.4 Å². The van der Waals surface area contributed by atoms with E-state index < -0.39 is 30.2 Å². The molecule has 4 rings (SSSR count). The van der Waals surface area contributed by atoms with Gasteiger partial charge in [0.2, 0.25) is 5.91 Å². The summed E-state index contributed by atoms with van der Waals surface area (Å²) in [4.78, 5) is 14.8. The van der Waals surface area contributed by atoms with Crippen LogP contribution in [0.5, 0.6) is 0 Å². The topological polar surface area (TPSA) is 91.1 Å². The van der Waals surface area contributed by atoms with Gasteiger partial charge in [-0.05, 0) is 66.1 Å². The van der Waals surface area contributed by atoms with Gasteiger partial charge in [-0.25, -0.2) is 13.2 Å². The van der Waals surface area contributed by atoms with Crippen molar-refractivity contribution in [2.75, 3.05) is 13.2 Å². The number of nitrogens with one attached hydrogen (secondary N) is 2. The molecule has 1 aromatic heterocycles. The number of carbonyl (C=O) groups is 1. The highest BCUT2D eigenvalue weighted by Gasteiger charge is 2.35. The summed E-state index contributed by atoms with van der Waals surface area (Å²) < 4.78 is 41.7. The molecule has 0 aliphatic heterocycles. The van der Waals surface area contributed by atoms with E-state index >= 15 is 0 Å². The Kier molecular flexibility index (Phi) is 5.53. The summed E-state index contributed by atoms with van der Waals surface area (Å²) in [7, 11) is 0. The molecule has 3 aromatic rings. The fourth-order valence-corrected chi connectivity index (χ4v) is 4.11. The number of benzene rings is 2. The quantitative estimate of drug-likeness (QED) is 0.497. The largest absolute Gasteiger partial charge is 0.394 e. The minimum absolute atomic E-state index is 0.0356. The highest BCUT2D eigenvalue weighted by molar-refractivity contribution is 5.92. The Bertz CT molecular complexity index is 1080. The maximum Gasteiger partial charge on any atom is 0.239 e. The number of hydrogen-bond acceptors (Lipinski definition) is 3. The van der Waals surface area contributed by atoms with Crippen molar-refractivity contribution in [1.82, 2.24) is 10.3 Å². The molecule has 1 aliphatic carbocycles. The van der Waals surface area contributed by atoms with Gasteiger partial charge in [0.25, 0.3) is 0 Å². The van der Waals surface area contributed by atoms with Crippen molar-refractivity contribution < 1.29 is 23.1 Å². The monoisotopic (exact) mass is 417 g/mol. The first-order valence-electron chi connectivity index (χ1n) is 9.78. The average molecular weight is 417 g/mol. The molecular weight excluding hydrogens is 395 g/mol. The Labute approximate surface area is 171 Å². The zero-order valence-corrected chi connectivity index (χ0v) is 16.1. The number of aromatic nitrogens is 1. The fourth-order valence-electron chi connectivity index (χ4n) is 4.11. The molecule has 158 valence electrons. The van der Waals surface area contributed by atoms with Gasteiger partial charge in [0.15, 0.2) is 0 Å². The molecular formula is C22H22F3N3O2. The van der Waals surface area contributed by atoms with Crippen molar-refractivity contribution in [3.63, 3.8) is 0 Å². The molecule has 0 bridgehead atoms. The summed E-state index contributed by atoms with van der Waals surface area (Å²) >= 11 is 0. The van der Waals surface area contributed by atoms with Crippen LogP contribution in [0.4, 0.5) is 13.2 Å². The van der Waals surface area contributed by atoms with Gasteiger partial charge < -0.3 is 21.1 Å². The molecule has 5 nitrogen and oxygen atoms in total. The number of nitrogens with two attached hydrogens (primary N) is 1. The van der Waals surface area contributed by atoms with E-state index in [4.69, 9.17) is 10.8 Å². The van der Waals surface area contributed by atoms with E-state index in [1.165, 1.54) is 18.2 Å². The number of amides is 1. The molecule has 0 saturated heterocycles. The van der Waals surface area contributed by atoms with Crippen molar-refractivity contribution in [3.05, 3.63) is 59.4 Å². The van der Waals surface area contributed by atoms with Gasteiger partial charge in [0.1, 0.15) is 23.5 Å². The van der Waals surface area contributed by atoms with Crippen LogP contribution in [0.25, 0.3) is 22.2 Å². The van der Waals surface area contributed by atoms with Crippen LogP contribution in [0, 0.1) is 23.4 Å². The van der Waals surface area contributed by atoms with Crippen molar-refractivity contribution >= 4 is 16.8 Å². The van der Waals surface area contributed by atoms with E-state index in [1.54, 1.807) is 12.1 Å². The number of rotatable bonds is 6. The lowest BCUT2D eigenvalue weighted by molar-refractivity contribution is -0.123. The molecule has 0 unspecified atom stereocenters. The number of H-pyrrole nitrogens is 1. The van der Waals surface area contributed by atoms with E-state index in [0.717, 1.165) is 11.6 Å². The summed E-state index contributed by atoms with van der Waals surface area (Å²) in [5.74, 6) is -1.91. The van der Waals surface area contributed by atoms with Crippen LogP contribution in [0.3, 0.4) is 0 Å². The highest BCUT2D eigenvalue weighted by atomic mass is 19.1. The molecule has 1 heterocycles. The van der Waals surface area contributed by atoms with Crippen LogP contribution in [0.1, 0.15) is 24.3 Å². The summed E-state index contributed by atoms with van der Waals surface area (Å²) in [6.07, 6.45) is 1.43. The number of aliphatic hydroxyl groups is 1. The Morgan fingerprint density at radius 1 is 1.17 bits per heavy atom. The van der Waals surface area contributed by atoms with Crippen LogP contribution in [-0.4, -0.2) is 35.2 Å². The molecule has 1 amide bonds. The summed E-state index contributed by atoms with van der Waals surface area (Å²) in [6.45, 7) is -0.00733. The van der Waals surface area contributed by atoms with Crippen molar-refractivity contribution in [2.24, 2.45) is 11.7 Å². The van der Waals surface area contributed by atoms with Crippen LogP contribution >= 0.6 is 0 Å². The fraction of sp³-hybridized carbons (Fsp3) is 0.318. The smallest absolute Gasteiger partial charge is 0.239 e. The van der Waals surface area contributed by atoms with Crippen molar-refractivity contribution in [2.45, 2.75) is 24.8 Å². The molecule has 0 radical (unpaired) electrons. The van der Waals surface area contributed by atoms with E-state index in [0.29, 0.717) is 36.0 Å². The number of fused-ring (bicyclic) bond motifs is 1. The molecule has 30 heavy (non-hydrogen) atoms. The lowest BCUT2D eigenvalue weighted by Gasteiger charge is -2.36. The molecule has 1 saturated carbocycles. The van der Waals surface area contributed by atoms with Crippen LogP contribution in [0.2, 0.25) is 0 Å². The van der Waals surface area contributed by atoms with Crippen LogP contribution < -0.4 is 11.1 Å². The van der Waals surface area contributed by atoms with Gasteiger partial charge in [-0.15, -0.1) is 0 Å². The van der Waals surface area contributed by atoms with E-state index in [9.17, 15) is 18.0 Å². The third-order valence-corrected chi connectivity index (χ3v) is 5.74.